The van der Waals surface area contributed by atoms with Crippen LogP contribution in [0.1, 0.15) is 0 Å². The molecule has 0 atom stereocenters. The lowest BCUT2D eigenvalue weighted by atomic mass is 10.2. The summed E-state index contributed by atoms with van der Waals surface area (Å²) in [6.45, 7) is 0.166. The third-order valence-electron chi connectivity index (χ3n) is 2.95. The molecule has 0 bridgehead atoms. The van der Waals surface area contributed by atoms with Gasteiger partial charge >= 0.3 is 0 Å². The summed E-state index contributed by atoms with van der Waals surface area (Å²) in [5, 5.41) is 15.7. The van der Waals surface area contributed by atoms with Crippen LogP contribution in [0.5, 0.6) is 0 Å². The molecule has 8 heteroatoms. The Balaban J connectivity index is 1.87. The van der Waals surface area contributed by atoms with Crippen LogP contribution >= 0.6 is 11.3 Å². The minimum Gasteiger partial charge on any atom is -0.394 e. The van der Waals surface area contributed by atoms with Gasteiger partial charge in [0, 0.05) is 16.6 Å². The largest absolute Gasteiger partial charge is 0.394 e. The van der Waals surface area contributed by atoms with Gasteiger partial charge in [-0.3, -0.25) is 9.40 Å². The van der Waals surface area contributed by atoms with Crippen LogP contribution in [-0.4, -0.2) is 29.9 Å². The fourth-order valence-corrected chi connectivity index (χ4v) is 3.72. The number of hydrogen-bond donors (Lipinski definition) is 2. The standard InChI is InChI=1S/C13H13N3O3S2/c17-5-4-16-9-12(8-14-16)21(18,19)15-11-1-2-13-10(7-11)3-6-20-13/h1-3,6-9,15,17H,4-5H2. The van der Waals surface area contributed by atoms with Crippen molar-refractivity contribution in [2.24, 2.45) is 0 Å². The van der Waals surface area contributed by atoms with Crippen LogP contribution in [-0.2, 0) is 16.6 Å². The SMILES string of the molecule is O=S(=O)(Nc1ccc2sccc2c1)c1cnn(CCO)c1. The van der Waals surface area contributed by atoms with Crippen LogP contribution in [0.2, 0.25) is 0 Å². The Labute approximate surface area is 125 Å². The molecule has 2 aromatic heterocycles. The van der Waals surface area contributed by atoms with Crippen LogP contribution < -0.4 is 4.72 Å². The van der Waals surface area contributed by atoms with Gasteiger partial charge in [-0.25, -0.2) is 8.42 Å². The summed E-state index contributed by atoms with van der Waals surface area (Å²) in [5.41, 5.74) is 0.510. The lowest BCUT2D eigenvalue weighted by Crippen LogP contribution is -2.12. The van der Waals surface area contributed by atoms with Gasteiger partial charge in [-0.1, -0.05) is 0 Å². The summed E-state index contributed by atoms with van der Waals surface area (Å²) in [6, 6.07) is 7.35. The molecule has 110 valence electrons. The van der Waals surface area contributed by atoms with Crippen LogP contribution in [0.4, 0.5) is 5.69 Å². The molecule has 21 heavy (non-hydrogen) atoms. The molecule has 0 aliphatic heterocycles. The number of thiophene rings is 1. The number of nitrogens with one attached hydrogen (secondary N) is 1. The number of aliphatic hydroxyl groups is 1. The number of hydrogen-bond acceptors (Lipinski definition) is 5. The third kappa shape index (κ3) is 2.92. The number of benzene rings is 1. The highest BCUT2D eigenvalue weighted by molar-refractivity contribution is 7.92. The highest BCUT2D eigenvalue weighted by Crippen LogP contribution is 2.25. The van der Waals surface area contributed by atoms with E-state index in [9.17, 15) is 8.42 Å². The fraction of sp³-hybridized carbons (Fsp3) is 0.154. The van der Waals surface area contributed by atoms with E-state index in [0.717, 1.165) is 10.1 Å². The quantitative estimate of drug-likeness (QED) is 0.751. The number of rotatable bonds is 5. The van der Waals surface area contributed by atoms with Gasteiger partial charge < -0.3 is 5.11 Å². The number of fused-ring (bicyclic) bond motifs is 1. The number of nitrogens with zero attached hydrogens (tertiary/aromatic N) is 2. The molecular weight excluding hydrogens is 310 g/mol. The summed E-state index contributed by atoms with van der Waals surface area (Å²) in [7, 11) is -3.67. The second-order valence-corrected chi connectivity index (χ2v) is 7.07. The maximum atomic E-state index is 12.3. The summed E-state index contributed by atoms with van der Waals surface area (Å²) < 4.78 is 29.6. The first-order valence-electron chi connectivity index (χ1n) is 6.22. The van der Waals surface area contributed by atoms with E-state index in [1.165, 1.54) is 17.1 Å². The summed E-state index contributed by atoms with van der Waals surface area (Å²) in [5.74, 6) is 0. The Morgan fingerprint density at radius 2 is 2.19 bits per heavy atom. The van der Waals surface area contributed by atoms with Crippen LogP contribution in [0.3, 0.4) is 0 Å². The first-order chi connectivity index (χ1) is 10.1. The Kier molecular flexibility index (Phi) is 3.66. The van der Waals surface area contributed by atoms with E-state index in [2.05, 4.69) is 9.82 Å². The van der Waals surface area contributed by atoms with Crippen LogP contribution in [0.15, 0.2) is 46.9 Å². The molecule has 0 aliphatic rings. The zero-order chi connectivity index (χ0) is 14.9. The van der Waals surface area contributed by atoms with E-state index in [1.54, 1.807) is 23.5 Å². The normalized spacial score (nSPS) is 11.9. The van der Waals surface area contributed by atoms with E-state index in [4.69, 9.17) is 5.11 Å². The van der Waals surface area contributed by atoms with Crippen molar-refractivity contribution in [3.05, 3.63) is 42.0 Å². The molecule has 0 saturated carbocycles. The average molecular weight is 323 g/mol. The predicted molar refractivity (Wildman–Crippen MR) is 81.9 cm³/mol. The molecule has 2 N–H and O–H groups in total. The van der Waals surface area contributed by atoms with Gasteiger partial charge in [0.25, 0.3) is 10.0 Å². The minimum atomic E-state index is -3.67. The Bertz CT molecular complexity index is 868. The first-order valence-corrected chi connectivity index (χ1v) is 8.58. The molecule has 3 aromatic rings. The van der Waals surface area contributed by atoms with Gasteiger partial charge in [0.1, 0.15) is 4.90 Å². The topological polar surface area (TPSA) is 84.2 Å². The second kappa shape index (κ2) is 5.47. The van der Waals surface area contributed by atoms with Crippen LogP contribution in [0.25, 0.3) is 10.1 Å². The molecule has 0 amide bonds. The molecule has 0 radical (unpaired) electrons. The van der Waals surface area contributed by atoms with Gasteiger partial charge in [0.2, 0.25) is 0 Å². The maximum Gasteiger partial charge on any atom is 0.265 e. The zero-order valence-electron chi connectivity index (χ0n) is 10.9. The van der Waals surface area contributed by atoms with E-state index >= 15 is 0 Å². The number of sulfonamides is 1. The molecule has 0 saturated heterocycles. The van der Waals surface area contributed by atoms with Crippen LogP contribution in [0, 0.1) is 0 Å². The number of aliphatic hydroxyl groups excluding tert-OH is 1. The van der Waals surface area contributed by atoms with Crippen molar-refractivity contribution >= 4 is 37.1 Å². The average Bonchev–Trinajstić information content (AvgIpc) is 3.07. The van der Waals surface area contributed by atoms with Gasteiger partial charge in [0.05, 0.1) is 19.3 Å². The molecule has 3 rings (SSSR count). The molecular formula is C13H13N3O3S2. The Hall–Kier alpha value is -1.90. The van der Waals surface area contributed by atoms with Crippen molar-refractivity contribution in [1.82, 2.24) is 9.78 Å². The molecule has 0 aliphatic carbocycles. The van der Waals surface area contributed by atoms with E-state index in [-0.39, 0.29) is 18.0 Å². The lowest BCUT2D eigenvalue weighted by molar-refractivity contribution is 0.269. The number of aromatic nitrogens is 2. The highest BCUT2D eigenvalue weighted by Gasteiger charge is 2.16. The molecule has 1 aromatic carbocycles. The predicted octanol–water partition coefficient (Wildman–Crippen LogP) is 1.89. The van der Waals surface area contributed by atoms with Crippen molar-refractivity contribution in [3.63, 3.8) is 0 Å². The minimum absolute atomic E-state index is 0.0707. The van der Waals surface area contributed by atoms with Gasteiger partial charge in [-0.15, -0.1) is 11.3 Å². The fourth-order valence-electron chi connectivity index (χ4n) is 1.95. The summed E-state index contributed by atoms with van der Waals surface area (Å²) in [4.78, 5) is 0.0707. The molecule has 0 spiro atoms. The lowest BCUT2D eigenvalue weighted by Gasteiger charge is -2.06. The molecule has 0 fully saturated rings. The van der Waals surface area contributed by atoms with Gasteiger partial charge in [-0.05, 0) is 35.0 Å². The van der Waals surface area contributed by atoms with Crippen molar-refractivity contribution in [3.8, 4) is 0 Å². The van der Waals surface area contributed by atoms with E-state index in [1.807, 2.05) is 17.5 Å². The molecule has 6 nitrogen and oxygen atoms in total. The van der Waals surface area contributed by atoms with Crippen molar-refractivity contribution in [2.45, 2.75) is 11.4 Å². The van der Waals surface area contributed by atoms with Crippen molar-refractivity contribution in [2.75, 3.05) is 11.3 Å². The van der Waals surface area contributed by atoms with E-state index in [0.29, 0.717) is 5.69 Å². The zero-order valence-corrected chi connectivity index (χ0v) is 12.6. The third-order valence-corrected chi connectivity index (χ3v) is 5.19. The number of anilines is 1. The summed E-state index contributed by atoms with van der Waals surface area (Å²) >= 11 is 1.60. The monoisotopic (exact) mass is 323 g/mol. The molecule has 0 unspecified atom stereocenters. The first kappa shape index (κ1) is 14.1. The highest BCUT2D eigenvalue weighted by atomic mass is 32.2. The van der Waals surface area contributed by atoms with Gasteiger partial charge in [-0.2, -0.15) is 5.10 Å². The Morgan fingerprint density at radius 3 is 3.00 bits per heavy atom. The summed E-state index contributed by atoms with van der Waals surface area (Å²) in [6.07, 6.45) is 2.66. The second-order valence-electron chi connectivity index (χ2n) is 4.44. The molecule has 2 heterocycles. The van der Waals surface area contributed by atoms with Crippen molar-refractivity contribution < 1.29 is 13.5 Å². The van der Waals surface area contributed by atoms with Gasteiger partial charge in [0.15, 0.2) is 0 Å². The maximum absolute atomic E-state index is 12.3. The Morgan fingerprint density at radius 1 is 1.33 bits per heavy atom. The van der Waals surface area contributed by atoms with Crippen molar-refractivity contribution in [1.29, 1.82) is 0 Å². The van der Waals surface area contributed by atoms with E-state index < -0.39 is 10.0 Å². The smallest absolute Gasteiger partial charge is 0.265 e.